The molecule has 0 aromatic heterocycles. The topological polar surface area (TPSA) is 38.3 Å². The fourth-order valence-electron chi connectivity index (χ4n) is 2.03. The Balaban J connectivity index is 2.15. The first-order valence-electron chi connectivity index (χ1n) is 6.12. The van der Waals surface area contributed by atoms with E-state index in [-0.39, 0.29) is 5.56 Å². The van der Waals surface area contributed by atoms with Gasteiger partial charge in [0, 0.05) is 6.61 Å². The number of benzene rings is 1. The lowest BCUT2D eigenvalue weighted by Gasteiger charge is -2.23. The van der Waals surface area contributed by atoms with Crippen molar-refractivity contribution in [1.29, 1.82) is 0 Å². The first-order valence-corrected chi connectivity index (χ1v) is 6.12. The molecule has 0 bridgehead atoms. The summed E-state index contributed by atoms with van der Waals surface area (Å²) < 4.78 is 56.8. The molecule has 3 nitrogen and oxygen atoms in total. The summed E-state index contributed by atoms with van der Waals surface area (Å²) in [5.74, 6) is -1.44. The van der Waals surface area contributed by atoms with Gasteiger partial charge in [-0.3, -0.25) is 4.79 Å². The molecule has 1 aromatic carbocycles. The van der Waals surface area contributed by atoms with Crippen molar-refractivity contribution in [3.63, 3.8) is 0 Å². The molecule has 0 aliphatic carbocycles. The quantitative estimate of drug-likeness (QED) is 0.870. The molecule has 2 atom stereocenters. The summed E-state index contributed by atoms with van der Waals surface area (Å²) >= 11 is 0. The average molecular weight is 291 g/mol. The summed E-state index contributed by atoms with van der Waals surface area (Å²) in [5.41, 5.74) is -0.217. The van der Waals surface area contributed by atoms with Crippen molar-refractivity contribution in [3.05, 3.63) is 35.6 Å². The van der Waals surface area contributed by atoms with Gasteiger partial charge in [-0.25, -0.2) is 4.39 Å². The van der Waals surface area contributed by atoms with Crippen LogP contribution < -0.4 is 5.32 Å². The van der Waals surface area contributed by atoms with Crippen LogP contribution >= 0.6 is 0 Å². The molecule has 2 rings (SSSR count). The molecule has 1 amide bonds. The van der Waals surface area contributed by atoms with Gasteiger partial charge in [0.2, 0.25) is 5.91 Å². The van der Waals surface area contributed by atoms with Crippen LogP contribution in [0, 0.1) is 5.82 Å². The molecule has 20 heavy (non-hydrogen) atoms. The molecule has 7 heteroatoms. The van der Waals surface area contributed by atoms with Crippen molar-refractivity contribution in [2.24, 2.45) is 0 Å². The zero-order valence-electron chi connectivity index (χ0n) is 10.4. The molecule has 1 heterocycles. The molecular formula is C13H13F4NO2. The third-order valence-corrected chi connectivity index (χ3v) is 3.04. The molecule has 0 saturated carbocycles. The summed E-state index contributed by atoms with van der Waals surface area (Å²) in [5, 5.41) is 1.92. The van der Waals surface area contributed by atoms with E-state index in [1.807, 2.05) is 5.32 Å². The molecule has 1 aliphatic heterocycles. The maximum absolute atomic E-state index is 13.0. The Hall–Kier alpha value is -1.63. The predicted octanol–water partition coefficient (Wildman–Crippen LogP) is 2.72. The fraction of sp³-hybridized carbons (Fsp3) is 0.462. The van der Waals surface area contributed by atoms with E-state index in [4.69, 9.17) is 4.74 Å². The van der Waals surface area contributed by atoms with Crippen LogP contribution in [0.1, 0.15) is 24.4 Å². The lowest BCUT2D eigenvalue weighted by atomic mass is 10.1. The first kappa shape index (κ1) is 14.8. The minimum absolute atomic E-state index is 0.217. The summed E-state index contributed by atoms with van der Waals surface area (Å²) in [4.78, 5) is 11.7. The molecule has 110 valence electrons. The normalized spacial score (nSPS) is 20.7. The van der Waals surface area contributed by atoms with E-state index < -0.39 is 30.0 Å². The van der Waals surface area contributed by atoms with E-state index in [0.717, 1.165) is 24.3 Å². The maximum Gasteiger partial charge on any atom is 0.412 e. The van der Waals surface area contributed by atoms with Crippen LogP contribution in [-0.2, 0) is 9.53 Å². The lowest BCUT2D eigenvalue weighted by molar-refractivity contribution is -0.166. The second-order valence-electron chi connectivity index (χ2n) is 4.54. The summed E-state index contributed by atoms with van der Waals surface area (Å²) in [6, 6.07) is 1.69. The Morgan fingerprint density at radius 3 is 2.45 bits per heavy atom. The highest BCUT2D eigenvalue weighted by Crippen LogP contribution is 2.33. The number of carbonyl (C=O) groups is 1. The summed E-state index contributed by atoms with van der Waals surface area (Å²) in [6.45, 7) is 0.366. The Labute approximate surface area is 112 Å². The average Bonchev–Trinajstić information content (AvgIpc) is 2.89. The largest absolute Gasteiger partial charge is 0.412 e. The van der Waals surface area contributed by atoms with E-state index in [1.165, 1.54) is 0 Å². The number of amides is 1. The van der Waals surface area contributed by atoms with Gasteiger partial charge in [0.05, 0.1) is 0 Å². The Kier molecular flexibility index (Phi) is 4.27. The summed E-state index contributed by atoms with van der Waals surface area (Å²) in [6.07, 6.45) is -4.46. The van der Waals surface area contributed by atoms with Gasteiger partial charge >= 0.3 is 6.18 Å². The van der Waals surface area contributed by atoms with E-state index >= 15 is 0 Å². The van der Waals surface area contributed by atoms with E-state index in [1.54, 1.807) is 0 Å². The lowest BCUT2D eigenvalue weighted by Crippen LogP contribution is -2.42. The van der Waals surface area contributed by atoms with Gasteiger partial charge < -0.3 is 10.1 Å². The van der Waals surface area contributed by atoms with Crippen LogP contribution in [0.25, 0.3) is 0 Å². The summed E-state index contributed by atoms with van der Waals surface area (Å²) in [7, 11) is 0. The minimum Gasteiger partial charge on any atom is -0.368 e. The third-order valence-electron chi connectivity index (χ3n) is 3.04. The third kappa shape index (κ3) is 3.47. The molecule has 0 radical (unpaired) electrons. The predicted molar refractivity (Wildman–Crippen MR) is 62.3 cm³/mol. The second kappa shape index (κ2) is 5.78. The first-order chi connectivity index (χ1) is 9.38. The SMILES string of the molecule is O=C(NC(c1ccc(F)cc1)C(F)(F)F)C1CCCO1. The monoisotopic (exact) mass is 291 g/mol. The molecule has 0 spiro atoms. The standard InChI is InChI=1S/C13H13F4NO2/c14-9-5-3-8(4-6-9)11(13(15,16)17)18-12(19)10-2-1-7-20-10/h3-6,10-11H,1-2,7H2,(H,18,19). The molecule has 1 aromatic rings. The number of hydrogen-bond donors (Lipinski definition) is 1. The number of alkyl halides is 3. The van der Waals surface area contributed by atoms with E-state index in [2.05, 4.69) is 0 Å². The zero-order chi connectivity index (χ0) is 14.8. The number of nitrogens with one attached hydrogen (secondary N) is 1. The molecule has 1 saturated heterocycles. The van der Waals surface area contributed by atoms with Crippen molar-refractivity contribution >= 4 is 5.91 Å². The molecular weight excluding hydrogens is 278 g/mol. The van der Waals surface area contributed by atoms with Gasteiger partial charge in [-0.1, -0.05) is 12.1 Å². The van der Waals surface area contributed by atoms with Crippen molar-refractivity contribution in [2.75, 3.05) is 6.61 Å². The van der Waals surface area contributed by atoms with E-state index in [9.17, 15) is 22.4 Å². The number of ether oxygens (including phenoxy) is 1. The Morgan fingerprint density at radius 2 is 1.95 bits per heavy atom. The second-order valence-corrected chi connectivity index (χ2v) is 4.54. The number of carbonyl (C=O) groups excluding carboxylic acids is 1. The van der Waals surface area contributed by atoms with Gasteiger partial charge in [-0.2, -0.15) is 13.2 Å². The maximum atomic E-state index is 13.0. The number of rotatable bonds is 3. The van der Waals surface area contributed by atoms with Gasteiger partial charge in [0.1, 0.15) is 11.9 Å². The highest BCUT2D eigenvalue weighted by molar-refractivity contribution is 5.81. The highest BCUT2D eigenvalue weighted by atomic mass is 19.4. The smallest absolute Gasteiger partial charge is 0.368 e. The van der Waals surface area contributed by atoms with Gasteiger partial charge in [0.15, 0.2) is 6.04 Å². The zero-order valence-corrected chi connectivity index (χ0v) is 10.4. The van der Waals surface area contributed by atoms with Crippen LogP contribution in [0.5, 0.6) is 0 Å². The molecule has 1 N–H and O–H groups in total. The molecule has 2 unspecified atom stereocenters. The van der Waals surface area contributed by atoms with Gasteiger partial charge in [-0.05, 0) is 30.5 Å². The number of hydrogen-bond acceptors (Lipinski definition) is 2. The van der Waals surface area contributed by atoms with Crippen molar-refractivity contribution in [2.45, 2.75) is 31.2 Å². The van der Waals surface area contributed by atoms with Crippen LogP contribution in [-0.4, -0.2) is 24.8 Å². The minimum atomic E-state index is -4.66. The van der Waals surface area contributed by atoms with Crippen molar-refractivity contribution < 1.29 is 27.1 Å². The molecule has 1 fully saturated rings. The molecule has 1 aliphatic rings. The van der Waals surface area contributed by atoms with Crippen LogP contribution in [0.3, 0.4) is 0 Å². The van der Waals surface area contributed by atoms with Gasteiger partial charge in [0.25, 0.3) is 0 Å². The number of halogens is 4. The van der Waals surface area contributed by atoms with Gasteiger partial charge in [-0.15, -0.1) is 0 Å². The Morgan fingerprint density at radius 1 is 1.30 bits per heavy atom. The van der Waals surface area contributed by atoms with Crippen molar-refractivity contribution in [1.82, 2.24) is 5.32 Å². The van der Waals surface area contributed by atoms with Crippen LogP contribution in [0.2, 0.25) is 0 Å². The van der Waals surface area contributed by atoms with Crippen LogP contribution in [0.4, 0.5) is 17.6 Å². The Bertz CT molecular complexity index is 466. The van der Waals surface area contributed by atoms with E-state index in [0.29, 0.717) is 19.4 Å². The van der Waals surface area contributed by atoms with Crippen molar-refractivity contribution in [3.8, 4) is 0 Å². The highest BCUT2D eigenvalue weighted by Gasteiger charge is 2.43. The van der Waals surface area contributed by atoms with Crippen LogP contribution in [0.15, 0.2) is 24.3 Å². The fourth-order valence-corrected chi connectivity index (χ4v) is 2.03.